The first-order valence-electron chi connectivity index (χ1n) is 13.2. The minimum absolute atomic E-state index is 0.0602. The molecule has 0 saturated carbocycles. The van der Waals surface area contributed by atoms with Crippen LogP contribution in [0.4, 0.5) is 14.5 Å². The average molecular weight is 562 g/mol. The fourth-order valence-corrected chi connectivity index (χ4v) is 4.58. The number of aryl methyl sites for hydroxylation is 1. The Morgan fingerprint density at radius 1 is 0.902 bits per heavy atom. The molecule has 11 heteroatoms. The van der Waals surface area contributed by atoms with E-state index in [0.717, 1.165) is 11.3 Å². The molecule has 1 aliphatic heterocycles. The van der Waals surface area contributed by atoms with Gasteiger partial charge < -0.3 is 24.3 Å². The standard InChI is InChI=1S/C30H29F2N5O4/c1-40-27-18-21(4-12-26(27)41-19-20-2-5-22(31)6-3-20)29-33-30(39)25(34-35-29)11-13-28(38)37-16-14-36(15-17-37)24-9-7-23(32)8-10-24/h2-10,12,18H,11,13-17,19H2,1H3,(H,33,35,39). The molecule has 1 aliphatic rings. The van der Waals surface area contributed by atoms with E-state index in [0.29, 0.717) is 43.2 Å². The number of piperazine rings is 1. The van der Waals surface area contributed by atoms with E-state index in [2.05, 4.69) is 20.1 Å². The average Bonchev–Trinajstić information content (AvgIpc) is 3.00. The highest BCUT2D eigenvalue weighted by Gasteiger charge is 2.22. The summed E-state index contributed by atoms with van der Waals surface area (Å²) in [5, 5.41) is 8.25. The van der Waals surface area contributed by atoms with Crippen molar-refractivity contribution in [2.24, 2.45) is 0 Å². The van der Waals surface area contributed by atoms with Crippen LogP contribution in [0.1, 0.15) is 17.7 Å². The third-order valence-electron chi connectivity index (χ3n) is 6.91. The number of ether oxygens (including phenoxy) is 2. The van der Waals surface area contributed by atoms with Crippen LogP contribution in [0.3, 0.4) is 0 Å². The molecule has 0 radical (unpaired) electrons. The monoisotopic (exact) mass is 561 g/mol. The van der Waals surface area contributed by atoms with E-state index in [-0.39, 0.29) is 48.5 Å². The molecule has 0 atom stereocenters. The normalized spacial score (nSPS) is 13.2. The van der Waals surface area contributed by atoms with Crippen molar-refractivity contribution in [3.05, 3.63) is 100.0 Å². The zero-order valence-corrected chi connectivity index (χ0v) is 22.5. The van der Waals surface area contributed by atoms with Crippen molar-refractivity contribution in [3.8, 4) is 22.9 Å². The molecule has 1 saturated heterocycles. The summed E-state index contributed by atoms with van der Waals surface area (Å²) in [6.07, 6.45) is 0.306. The molecular weight excluding hydrogens is 532 g/mol. The minimum atomic E-state index is -0.417. The van der Waals surface area contributed by atoms with Gasteiger partial charge in [0.15, 0.2) is 17.3 Å². The van der Waals surface area contributed by atoms with E-state index >= 15 is 0 Å². The summed E-state index contributed by atoms with van der Waals surface area (Å²) >= 11 is 0. The Morgan fingerprint density at radius 2 is 1.59 bits per heavy atom. The molecule has 0 spiro atoms. The summed E-state index contributed by atoms with van der Waals surface area (Å²) < 4.78 is 37.6. The molecule has 1 N–H and O–H groups in total. The van der Waals surface area contributed by atoms with Gasteiger partial charge in [-0.25, -0.2) is 8.78 Å². The Balaban J connectivity index is 1.16. The largest absolute Gasteiger partial charge is 0.493 e. The number of nitrogens with zero attached hydrogens (tertiary/aromatic N) is 4. The first kappa shape index (κ1) is 27.8. The van der Waals surface area contributed by atoms with Crippen LogP contribution in [-0.4, -0.2) is 59.3 Å². The third-order valence-corrected chi connectivity index (χ3v) is 6.91. The van der Waals surface area contributed by atoms with Gasteiger partial charge in [0.2, 0.25) is 5.91 Å². The molecule has 1 fully saturated rings. The molecule has 3 aromatic carbocycles. The molecule has 0 unspecified atom stereocenters. The van der Waals surface area contributed by atoms with Crippen molar-refractivity contribution >= 4 is 11.6 Å². The Hall–Kier alpha value is -4.80. The van der Waals surface area contributed by atoms with Gasteiger partial charge in [0, 0.05) is 50.3 Å². The number of hydrogen-bond donors (Lipinski definition) is 1. The smallest absolute Gasteiger partial charge is 0.273 e. The molecule has 1 amide bonds. The third kappa shape index (κ3) is 6.86. The van der Waals surface area contributed by atoms with Gasteiger partial charge in [-0.1, -0.05) is 12.1 Å². The van der Waals surface area contributed by atoms with E-state index in [1.54, 1.807) is 47.4 Å². The van der Waals surface area contributed by atoms with Crippen molar-refractivity contribution in [1.82, 2.24) is 20.1 Å². The SMILES string of the molecule is COc1cc(-c2nnc(CCC(=O)N3CCN(c4ccc(F)cc4)CC3)c(=O)[nH]2)ccc1OCc1ccc(F)cc1. The van der Waals surface area contributed by atoms with Gasteiger partial charge in [-0.3, -0.25) is 9.59 Å². The number of carbonyl (C=O) groups is 1. The maximum absolute atomic E-state index is 13.2. The lowest BCUT2D eigenvalue weighted by Crippen LogP contribution is -2.48. The van der Waals surface area contributed by atoms with Gasteiger partial charge in [-0.05, 0) is 60.2 Å². The van der Waals surface area contributed by atoms with Crippen molar-refractivity contribution in [2.45, 2.75) is 19.4 Å². The van der Waals surface area contributed by atoms with Crippen LogP contribution >= 0.6 is 0 Å². The molecule has 5 rings (SSSR count). The summed E-state index contributed by atoms with van der Waals surface area (Å²) in [6.45, 7) is 2.60. The topological polar surface area (TPSA) is 101 Å². The maximum Gasteiger partial charge on any atom is 0.273 e. The highest BCUT2D eigenvalue weighted by molar-refractivity contribution is 5.76. The maximum atomic E-state index is 13.2. The quantitative estimate of drug-likeness (QED) is 0.330. The zero-order valence-electron chi connectivity index (χ0n) is 22.5. The van der Waals surface area contributed by atoms with Crippen LogP contribution in [0, 0.1) is 11.6 Å². The summed E-state index contributed by atoms with van der Waals surface area (Å²) in [4.78, 5) is 32.1. The van der Waals surface area contributed by atoms with Crippen molar-refractivity contribution in [2.75, 3.05) is 38.2 Å². The van der Waals surface area contributed by atoms with Gasteiger partial charge in [0.05, 0.1) is 7.11 Å². The Kier molecular flexibility index (Phi) is 8.52. The second-order valence-corrected chi connectivity index (χ2v) is 9.57. The second-order valence-electron chi connectivity index (χ2n) is 9.57. The van der Waals surface area contributed by atoms with Crippen LogP contribution < -0.4 is 19.9 Å². The van der Waals surface area contributed by atoms with Gasteiger partial charge in [-0.15, -0.1) is 10.2 Å². The summed E-state index contributed by atoms with van der Waals surface area (Å²) in [7, 11) is 1.50. The fourth-order valence-electron chi connectivity index (χ4n) is 4.58. The number of rotatable bonds is 9. The predicted molar refractivity (Wildman–Crippen MR) is 149 cm³/mol. The first-order chi connectivity index (χ1) is 19.9. The number of aromatic amines is 1. The van der Waals surface area contributed by atoms with Crippen molar-refractivity contribution < 1.29 is 23.0 Å². The van der Waals surface area contributed by atoms with E-state index in [9.17, 15) is 18.4 Å². The summed E-state index contributed by atoms with van der Waals surface area (Å²) in [6, 6.07) is 17.4. The van der Waals surface area contributed by atoms with Gasteiger partial charge in [0.25, 0.3) is 5.56 Å². The number of aromatic nitrogens is 3. The number of methoxy groups -OCH3 is 1. The minimum Gasteiger partial charge on any atom is -0.493 e. The number of hydrogen-bond acceptors (Lipinski definition) is 7. The second kappa shape index (κ2) is 12.6. The molecule has 0 aliphatic carbocycles. The van der Waals surface area contributed by atoms with Gasteiger partial charge in [0.1, 0.15) is 23.9 Å². The molecule has 4 aromatic rings. The van der Waals surface area contributed by atoms with Crippen LogP contribution in [0.25, 0.3) is 11.4 Å². The number of benzene rings is 3. The molecule has 9 nitrogen and oxygen atoms in total. The van der Waals surface area contributed by atoms with E-state index in [1.165, 1.54) is 31.4 Å². The number of halogens is 2. The lowest BCUT2D eigenvalue weighted by Gasteiger charge is -2.36. The van der Waals surface area contributed by atoms with E-state index < -0.39 is 5.56 Å². The Bertz CT molecular complexity index is 1550. The molecule has 1 aromatic heterocycles. The first-order valence-corrected chi connectivity index (χ1v) is 13.2. The summed E-state index contributed by atoms with van der Waals surface area (Å²) in [5.74, 6) is 0.503. The molecule has 41 heavy (non-hydrogen) atoms. The van der Waals surface area contributed by atoms with Crippen LogP contribution in [0.15, 0.2) is 71.5 Å². The predicted octanol–water partition coefficient (Wildman–Crippen LogP) is 3.98. The molecule has 212 valence electrons. The molecular formula is C30H29F2N5O4. The van der Waals surface area contributed by atoms with Gasteiger partial charge in [-0.2, -0.15) is 0 Å². The van der Waals surface area contributed by atoms with Crippen molar-refractivity contribution in [3.63, 3.8) is 0 Å². The van der Waals surface area contributed by atoms with Crippen LogP contribution in [0.2, 0.25) is 0 Å². The lowest BCUT2D eigenvalue weighted by atomic mass is 10.1. The highest BCUT2D eigenvalue weighted by atomic mass is 19.1. The van der Waals surface area contributed by atoms with Crippen molar-refractivity contribution in [1.29, 1.82) is 0 Å². The number of H-pyrrole nitrogens is 1. The number of amides is 1. The van der Waals surface area contributed by atoms with Gasteiger partial charge >= 0.3 is 0 Å². The van der Waals surface area contributed by atoms with E-state index in [4.69, 9.17) is 9.47 Å². The zero-order chi connectivity index (χ0) is 28.8. The number of anilines is 1. The number of carbonyl (C=O) groups excluding carboxylic acids is 1. The molecule has 2 heterocycles. The Labute approximate surface area is 235 Å². The Morgan fingerprint density at radius 3 is 2.24 bits per heavy atom. The lowest BCUT2D eigenvalue weighted by molar-refractivity contribution is -0.131. The molecule has 0 bridgehead atoms. The fraction of sp³-hybridized carbons (Fsp3) is 0.267. The summed E-state index contributed by atoms with van der Waals surface area (Å²) in [5.41, 5.74) is 2.05. The van der Waals surface area contributed by atoms with Crippen LogP contribution in [0.5, 0.6) is 11.5 Å². The van der Waals surface area contributed by atoms with E-state index in [1.807, 2.05) is 0 Å². The number of nitrogens with one attached hydrogen (secondary N) is 1. The van der Waals surface area contributed by atoms with Crippen LogP contribution in [-0.2, 0) is 17.8 Å². The highest BCUT2D eigenvalue weighted by Crippen LogP contribution is 2.31.